The molecule has 0 radical (unpaired) electrons. The van der Waals surface area contributed by atoms with E-state index in [1.165, 1.54) is 17.0 Å². The first-order valence-corrected chi connectivity index (χ1v) is 8.58. The number of benzene rings is 2. The second-order valence-electron chi connectivity index (χ2n) is 6.06. The first-order valence-electron chi connectivity index (χ1n) is 8.20. The maximum Gasteiger partial charge on any atom is 0.256 e. The van der Waals surface area contributed by atoms with Gasteiger partial charge in [0.15, 0.2) is 0 Å². The lowest BCUT2D eigenvalue weighted by atomic mass is 10.1. The minimum atomic E-state index is -0.616. The molecular weight excluding hydrogens is 343 g/mol. The summed E-state index contributed by atoms with van der Waals surface area (Å²) in [6, 6.07) is 11.9. The molecule has 0 spiro atoms. The molecule has 4 nitrogen and oxygen atoms in total. The van der Waals surface area contributed by atoms with Gasteiger partial charge in [-0.1, -0.05) is 23.7 Å². The third kappa shape index (κ3) is 3.71. The van der Waals surface area contributed by atoms with Crippen molar-refractivity contribution in [1.82, 2.24) is 4.90 Å². The monoisotopic (exact) mass is 362 g/mol. The van der Waals surface area contributed by atoms with E-state index in [4.69, 9.17) is 16.3 Å². The van der Waals surface area contributed by atoms with Crippen LogP contribution in [0.25, 0.3) is 0 Å². The predicted octanol–water partition coefficient (Wildman–Crippen LogP) is 3.84. The van der Waals surface area contributed by atoms with E-state index in [0.29, 0.717) is 13.1 Å². The van der Waals surface area contributed by atoms with Crippen LogP contribution in [0.4, 0.5) is 10.1 Å². The van der Waals surface area contributed by atoms with Crippen molar-refractivity contribution in [1.29, 1.82) is 0 Å². The van der Waals surface area contributed by atoms with Crippen molar-refractivity contribution >= 4 is 23.2 Å². The van der Waals surface area contributed by atoms with E-state index in [-0.39, 0.29) is 22.6 Å². The van der Waals surface area contributed by atoms with Gasteiger partial charge in [-0.2, -0.15) is 0 Å². The highest BCUT2D eigenvalue weighted by atomic mass is 35.5. The summed E-state index contributed by atoms with van der Waals surface area (Å²) in [7, 11) is 1.65. The Kier molecular flexibility index (Phi) is 5.13. The van der Waals surface area contributed by atoms with Crippen LogP contribution < -0.4 is 9.64 Å². The predicted molar refractivity (Wildman–Crippen MR) is 97.1 cm³/mol. The number of hydrogen-bond donors (Lipinski definition) is 0. The Labute approximate surface area is 151 Å². The summed E-state index contributed by atoms with van der Waals surface area (Å²) in [5.41, 5.74) is 1.06. The molecular formula is C19H20ClFN2O2. The average Bonchev–Trinajstić information content (AvgIpc) is 2.60. The van der Waals surface area contributed by atoms with E-state index in [9.17, 15) is 9.18 Å². The van der Waals surface area contributed by atoms with Crippen LogP contribution in [-0.2, 0) is 0 Å². The summed E-state index contributed by atoms with van der Waals surface area (Å²) in [5, 5.41) is 0.266. The number of ether oxygens (including phenoxy) is 1. The van der Waals surface area contributed by atoms with Crippen LogP contribution in [-0.4, -0.2) is 43.6 Å². The summed E-state index contributed by atoms with van der Waals surface area (Å²) in [4.78, 5) is 16.2. The number of rotatable bonds is 4. The van der Waals surface area contributed by atoms with Crippen molar-refractivity contribution in [3.8, 4) is 5.75 Å². The Morgan fingerprint density at radius 3 is 2.84 bits per heavy atom. The Morgan fingerprint density at radius 1 is 1.36 bits per heavy atom. The third-order valence-electron chi connectivity index (χ3n) is 4.29. The average molecular weight is 363 g/mol. The molecule has 3 rings (SSSR count). The molecule has 0 saturated carbocycles. The molecule has 1 amide bonds. The van der Waals surface area contributed by atoms with Gasteiger partial charge in [-0.3, -0.25) is 4.79 Å². The maximum absolute atomic E-state index is 14.0. The minimum Gasteiger partial charge on any atom is -0.485 e. The number of para-hydroxylation sites is 2. The summed E-state index contributed by atoms with van der Waals surface area (Å²) in [6.45, 7) is 3.97. The number of nitrogens with zero attached hydrogens (tertiary/aromatic N) is 2. The van der Waals surface area contributed by atoms with Gasteiger partial charge in [0.25, 0.3) is 5.91 Å². The van der Waals surface area contributed by atoms with Gasteiger partial charge in [-0.05, 0) is 37.3 Å². The van der Waals surface area contributed by atoms with E-state index < -0.39 is 5.82 Å². The molecule has 2 aromatic rings. The molecule has 0 saturated heterocycles. The molecule has 0 fully saturated rings. The fourth-order valence-corrected chi connectivity index (χ4v) is 3.19. The fraction of sp³-hybridized carbons (Fsp3) is 0.316. The zero-order valence-electron chi connectivity index (χ0n) is 14.2. The summed E-state index contributed by atoms with van der Waals surface area (Å²) < 4.78 is 20.0. The number of halogens is 2. The number of fused-ring (bicyclic) bond motifs is 1. The van der Waals surface area contributed by atoms with Gasteiger partial charge in [0.05, 0.1) is 24.3 Å². The van der Waals surface area contributed by atoms with Crippen molar-refractivity contribution in [3.05, 3.63) is 58.9 Å². The molecule has 1 atom stereocenters. The molecule has 1 aliphatic heterocycles. The second kappa shape index (κ2) is 7.31. The van der Waals surface area contributed by atoms with Gasteiger partial charge in [0, 0.05) is 18.6 Å². The van der Waals surface area contributed by atoms with Crippen LogP contribution >= 0.6 is 11.6 Å². The first kappa shape index (κ1) is 17.5. The Bertz CT molecular complexity index is 784. The number of amides is 1. The van der Waals surface area contributed by atoms with Crippen LogP contribution in [0.2, 0.25) is 5.02 Å². The number of anilines is 1. The quantitative estimate of drug-likeness (QED) is 0.828. The van der Waals surface area contributed by atoms with Crippen molar-refractivity contribution in [2.24, 2.45) is 0 Å². The van der Waals surface area contributed by atoms with Gasteiger partial charge in [-0.15, -0.1) is 0 Å². The third-order valence-corrected chi connectivity index (χ3v) is 4.53. The Morgan fingerprint density at radius 2 is 2.12 bits per heavy atom. The standard InChI is InChI=1S/C19H20ClFN2O2/c1-3-23-12-14(25-18-7-5-4-6-17(18)23)11-22(2)19(24)15-9-8-13(20)10-16(15)21/h4-10,14H,3,11-12H2,1-2H3/t14-/m0/s1. The summed E-state index contributed by atoms with van der Waals surface area (Å²) >= 11 is 5.75. The van der Waals surface area contributed by atoms with Gasteiger partial charge < -0.3 is 14.5 Å². The van der Waals surface area contributed by atoms with Crippen molar-refractivity contribution in [2.75, 3.05) is 31.6 Å². The fourth-order valence-electron chi connectivity index (χ4n) is 3.03. The minimum absolute atomic E-state index is 0.00968. The topological polar surface area (TPSA) is 32.8 Å². The molecule has 132 valence electrons. The van der Waals surface area contributed by atoms with Crippen LogP contribution in [0.3, 0.4) is 0 Å². The normalized spacial score (nSPS) is 16.2. The molecule has 1 aliphatic rings. The van der Waals surface area contributed by atoms with Gasteiger partial charge in [-0.25, -0.2) is 4.39 Å². The molecule has 0 bridgehead atoms. The summed E-state index contributed by atoms with van der Waals surface area (Å²) in [5.74, 6) is -0.201. The van der Waals surface area contributed by atoms with Crippen LogP contribution in [0.15, 0.2) is 42.5 Å². The number of hydrogen-bond acceptors (Lipinski definition) is 3. The molecule has 2 aromatic carbocycles. The Balaban J connectivity index is 1.73. The lowest BCUT2D eigenvalue weighted by Gasteiger charge is -2.37. The second-order valence-corrected chi connectivity index (χ2v) is 6.49. The largest absolute Gasteiger partial charge is 0.485 e. The maximum atomic E-state index is 14.0. The number of carbonyl (C=O) groups is 1. The van der Waals surface area contributed by atoms with Gasteiger partial charge in [0.2, 0.25) is 0 Å². The molecule has 0 unspecified atom stereocenters. The van der Waals surface area contributed by atoms with E-state index in [2.05, 4.69) is 11.8 Å². The van der Waals surface area contributed by atoms with Crippen LogP contribution in [0, 0.1) is 5.82 Å². The molecule has 1 heterocycles. The van der Waals surface area contributed by atoms with Crippen molar-refractivity contribution in [3.63, 3.8) is 0 Å². The van der Waals surface area contributed by atoms with Crippen LogP contribution in [0.5, 0.6) is 5.75 Å². The highest BCUT2D eigenvalue weighted by molar-refractivity contribution is 6.30. The van der Waals surface area contributed by atoms with Gasteiger partial charge in [0.1, 0.15) is 17.7 Å². The van der Waals surface area contributed by atoms with Gasteiger partial charge >= 0.3 is 0 Å². The smallest absolute Gasteiger partial charge is 0.256 e. The molecule has 0 aliphatic carbocycles. The van der Waals surface area contributed by atoms with Crippen molar-refractivity contribution in [2.45, 2.75) is 13.0 Å². The zero-order valence-corrected chi connectivity index (χ0v) is 15.0. The van der Waals surface area contributed by atoms with Crippen LogP contribution in [0.1, 0.15) is 17.3 Å². The highest BCUT2D eigenvalue weighted by Crippen LogP contribution is 2.33. The summed E-state index contributed by atoms with van der Waals surface area (Å²) in [6.07, 6.45) is -0.181. The molecule has 25 heavy (non-hydrogen) atoms. The molecule has 0 N–H and O–H groups in total. The lowest BCUT2D eigenvalue weighted by molar-refractivity contribution is 0.0705. The van der Waals surface area contributed by atoms with E-state index in [1.54, 1.807) is 7.05 Å². The number of likely N-dealkylation sites (N-methyl/N-ethyl adjacent to an activating group) is 2. The van der Waals surface area contributed by atoms with Crippen molar-refractivity contribution < 1.29 is 13.9 Å². The van der Waals surface area contributed by atoms with E-state index >= 15 is 0 Å². The number of carbonyl (C=O) groups excluding carboxylic acids is 1. The first-order chi connectivity index (χ1) is 12.0. The lowest BCUT2D eigenvalue weighted by Crippen LogP contribution is -2.46. The molecule has 6 heteroatoms. The van der Waals surface area contributed by atoms with E-state index in [1.807, 2.05) is 24.3 Å². The van der Waals surface area contributed by atoms with E-state index in [0.717, 1.165) is 24.0 Å². The zero-order chi connectivity index (χ0) is 18.0. The Hall–Kier alpha value is -2.27. The molecule has 0 aromatic heterocycles. The highest BCUT2D eigenvalue weighted by Gasteiger charge is 2.27. The SMILES string of the molecule is CCN1C[C@H](CN(C)C(=O)c2ccc(Cl)cc2F)Oc2ccccc21.